The summed E-state index contributed by atoms with van der Waals surface area (Å²) < 4.78 is 0. The summed E-state index contributed by atoms with van der Waals surface area (Å²) in [4.78, 5) is 0. The molecule has 0 aromatic rings. The van der Waals surface area contributed by atoms with Gasteiger partial charge in [-0.1, -0.05) is 51.0 Å². The molecular formula is C27H44O3. The van der Waals surface area contributed by atoms with E-state index >= 15 is 0 Å². The highest BCUT2D eigenvalue weighted by Crippen LogP contribution is 2.60. The summed E-state index contributed by atoms with van der Waals surface area (Å²) in [6.07, 6.45) is 13.9. The van der Waals surface area contributed by atoms with Gasteiger partial charge in [-0.2, -0.15) is 0 Å². The molecule has 3 nitrogen and oxygen atoms in total. The summed E-state index contributed by atoms with van der Waals surface area (Å²) in [5.74, 6) is 2.11. The molecule has 3 N–H and O–H groups in total. The van der Waals surface area contributed by atoms with Crippen LogP contribution in [0, 0.1) is 23.2 Å². The molecule has 0 spiro atoms. The van der Waals surface area contributed by atoms with Crippen molar-refractivity contribution < 1.29 is 15.3 Å². The topological polar surface area (TPSA) is 60.7 Å². The summed E-state index contributed by atoms with van der Waals surface area (Å²) in [5, 5.41) is 30.2. The lowest BCUT2D eigenvalue weighted by molar-refractivity contribution is 0.0596. The molecule has 0 aromatic carbocycles. The van der Waals surface area contributed by atoms with Crippen molar-refractivity contribution in [3.63, 3.8) is 0 Å². The van der Waals surface area contributed by atoms with E-state index in [4.69, 9.17) is 0 Å². The molecular weight excluding hydrogens is 372 g/mol. The standard InChI is InChI=1S/C27H44O3/c1-18(8-6-14-26(3,4)30)23-12-13-24-20(9-7-15-27(23,24)5)10-11-21-16-22(28)17-25(29)19(21)2/h10-11,18,22-25,28-30H,2,6-9,12-17H2,1,3-5H3/t18-,22+,23-,24+,25+,27-/m1/s1. The van der Waals surface area contributed by atoms with Crippen LogP contribution in [0.2, 0.25) is 0 Å². The molecule has 0 amide bonds. The molecule has 30 heavy (non-hydrogen) atoms. The number of hydrogen-bond donors (Lipinski definition) is 3. The second-order valence-corrected chi connectivity index (χ2v) is 11.3. The normalized spacial score (nSPS) is 38.8. The van der Waals surface area contributed by atoms with E-state index in [1.807, 2.05) is 13.8 Å². The lowest BCUT2D eigenvalue weighted by atomic mass is 9.60. The second kappa shape index (κ2) is 9.30. The number of hydrogen-bond acceptors (Lipinski definition) is 3. The third-order valence-corrected chi connectivity index (χ3v) is 8.44. The molecule has 0 heterocycles. The van der Waals surface area contributed by atoms with E-state index in [1.54, 1.807) is 5.57 Å². The van der Waals surface area contributed by atoms with Crippen LogP contribution in [0.4, 0.5) is 0 Å². The van der Waals surface area contributed by atoms with Gasteiger partial charge in [-0.25, -0.2) is 0 Å². The van der Waals surface area contributed by atoms with Gasteiger partial charge >= 0.3 is 0 Å². The van der Waals surface area contributed by atoms with E-state index in [0.29, 0.717) is 30.1 Å². The fourth-order valence-corrected chi connectivity index (χ4v) is 6.74. The minimum absolute atomic E-state index is 0.374. The van der Waals surface area contributed by atoms with Crippen LogP contribution < -0.4 is 0 Å². The van der Waals surface area contributed by atoms with Crippen molar-refractivity contribution in [2.45, 2.75) is 110 Å². The van der Waals surface area contributed by atoms with Crippen molar-refractivity contribution >= 4 is 0 Å². The smallest absolute Gasteiger partial charge is 0.0811 e. The summed E-state index contributed by atoms with van der Waals surface area (Å²) in [6, 6.07) is 0. The number of rotatable bonds is 6. The van der Waals surface area contributed by atoms with Crippen molar-refractivity contribution in [3.05, 3.63) is 35.5 Å². The van der Waals surface area contributed by atoms with Gasteiger partial charge in [0.15, 0.2) is 0 Å². The quantitative estimate of drug-likeness (QED) is 0.520. The van der Waals surface area contributed by atoms with Crippen LogP contribution in [0.3, 0.4) is 0 Å². The minimum Gasteiger partial charge on any atom is -0.393 e. The first-order chi connectivity index (χ1) is 14.0. The zero-order chi connectivity index (χ0) is 22.1. The maximum absolute atomic E-state index is 10.1. The van der Waals surface area contributed by atoms with Crippen molar-refractivity contribution in [1.29, 1.82) is 0 Å². The number of allylic oxidation sites excluding steroid dienone is 3. The molecule has 3 fully saturated rings. The van der Waals surface area contributed by atoms with Crippen molar-refractivity contribution in [1.82, 2.24) is 0 Å². The average Bonchev–Trinajstić information content (AvgIpc) is 3.00. The Morgan fingerprint density at radius 2 is 1.97 bits per heavy atom. The Hall–Kier alpha value is -0.900. The molecule has 0 aromatic heterocycles. The number of aliphatic hydroxyl groups is 3. The van der Waals surface area contributed by atoms with Crippen LogP contribution in [0.15, 0.2) is 35.5 Å². The van der Waals surface area contributed by atoms with E-state index in [9.17, 15) is 15.3 Å². The number of fused-ring (bicyclic) bond motifs is 1. The Balaban J connectivity index is 1.70. The Kier molecular flexibility index (Phi) is 7.37. The van der Waals surface area contributed by atoms with Crippen molar-refractivity contribution in [2.75, 3.05) is 0 Å². The van der Waals surface area contributed by atoms with Gasteiger partial charge in [-0.3, -0.25) is 0 Å². The SMILES string of the molecule is C=C1C(=CC=C2CCC[C@]3(C)[C@@H]([C@H](C)CCCC(C)(C)O)CC[C@@H]23)C[C@H](O)C[C@@H]1O. The van der Waals surface area contributed by atoms with Gasteiger partial charge < -0.3 is 15.3 Å². The van der Waals surface area contributed by atoms with Gasteiger partial charge in [0.1, 0.15) is 0 Å². The molecule has 170 valence electrons. The number of aliphatic hydroxyl groups excluding tert-OH is 2. The fraction of sp³-hybridized carbons (Fsp3) is 0.778. The van der Waals surface area contributed by atoms with Crippen LogP contribution in [0.25, 0.3) is 0 Å². The lowest BCUT2D eigenvalue weighted by Crippen LogP contribution is -2.36. The summed E-state index contributed by atoms with van der Waals surface area (Å²) in [6.45, 7) is 12.8. The van der Waals surface area contributed by atoms with E-state index in [2.05, 4.69) is 32.6 Å². The highest BCUT2D eigenvalue weighted by atomic mass is 16.3. The first-order valence-electron chi connectivity index (χ1n) is 12.2. The minimum atomic E-state index is -0.615. The molecule has 3 aliphatic rings. The Labute approximate surface area is 184 Å². The Morgan fingerprint density at radius 1 is 1.23 bits per heavy atom. The highest BCUT2D eigenvalue weighted by molar-refractivity contribution is 5.38. The van der Waals surface area contributed by atoms with Crippen LogP contribution in [0.5, 0.6) is 0 Å². The van der Waals surface area contributed by atoms with Gasteiger partial charge in [-0.15, -0.1) is 0 Å². The van der Waals surface area contributed by atoms with Crippen molar-refractivity contribution in [3.8, 4) is 0 Å². The molecule has 3 heteroatoms. The Bertz CT molecular complexity index is 683. The van der Waals surface area contributed by atoms with Crippen molar-refractivity contribution in [2.24, 2.45) is 23.2 Å². The summed E-state index contributed by atoms with van der Waals surface area (Å²) >= 11 is 0. The average molecular weight is 417 g/mol. The van der Waals surface area contributed by atoms with Gasteiger partial charge in [0.2, 0.25) is 0 Å². The van der Waals surface area contributed by atoms with Gasteiger partial charge in [0.05, 0.1) is 17.8 Å². The van der Waals surface area contributed by atoms with Crippen LogP contribution in [-0.4, -0.2) is 33.1 Å². The maximum atomic E-state index is 10.1. The molecule has 0 saturated heterocycles. The Morgan fingerprint density at radius 3 is 2.67 bits per heavy atom. The van der Waals surface area contributed by atoms with Gasteiger partial charge in [-0.05, 0) is 93.1 Å². The third-order valence-electron chi connectivity index (χ3n) is 8.44. The summed E-state index contributed by atoms with van der Waals surface area (Å²) in [5.41, 5.74) is 3.17. The molecule has 0 bridgehead atoms. The van der Waals surface area contributed by atoms with Gasteiger partial charge in [0.25, 0.3) is 0 Å². The predicted molar refractivity (Wildman–Crippen MR) is 124 cm³/mol. The van der Waals surface area contributed by atoms with Crippen LogP contribution >= 0.6 is 0 Å². The first-order valence-corrected chi connectivity index (χ1v) is 12.2. The molecule has 3 saturated carbocycles. The van der Waals surface area contributed by atoms with E-state index < -0.39 is 17.8 Å². The first kappa shape index (κ1) is 23.8. The maximum Gasteiger partial charge on any atom is 0.0811 e. The van der Waals surface area contributed by atoms with Crippen LogP contribution in [0.1, 0.15) is 91.9 Å². The molecule has 6 atom stereocenters. The molecule has 0 unspecified atom stereocenters. The molecule has 0 aliphatic heterocycles. The predicted octanol–water partition coefficient (Wildman–Crippen LogP) is 5.70. The fourth-order valence-electron chi connectivity index (χ4n) is 6.74. The molecule has 3 aliphatic carbocycles. The van der Waals surface area contributed by atoms with Gasteiger partial charge in [0, 0.05) is 6.42 Å². The largest absolute Gasteiger partial charge is 0.393 e. The van der Waals surface area contributed by atoms with Crippen LogP contribution in [-0.2, 0) is 0 Å². The zero-order valence-corrected chi connectivity index (χ0v) is 19.7. The zero-order valence-electron chi connectivity index (χ0n) is 19.7. The monoisotopic (exact) mass is 416 g/mol. The lowest BCUT2D eigenvalue weighted by Gasteiger charge is -2.44. The van der Waals surface area contributed by atoms with E-state index in [1.165, 1.54) is 38.5 Å². The molecule has 3 rings (SSSR count). The van der Waals surface area contributed by atoms with E-state index in [0.717, 1.165) is 29.9 Å². The third kappa shape index (κ3) is 5.29. The second-order valence-electron chi connectivity index (χ2n) is 11.3. The van der Waals surface area contributed by atoms with E-state index in [-0.39, 0.29) is 0 Å². The summed E-state index contributed by atoms with van der Waals surface area (Å²) in [7, 11) is 0. The highest BCUT2D eigenvalue weighted by Gasteiger charge is 2.50. The molecule has 0 radical (unpaired) electrons.